The molecule has 0 aliphatic heterocycles. The summed E-state index contributed by atoms with van der Waals surface area (Å²) >= 11 is 4.69. The number of nitrogens with zero attached hydrogens (tertiary/aromatic N) is 4. The van der Waals surface area contributed by atoms with Gasteiger partial charge in [-0.05, 0) is 15.9 Å². The van der Waals surface area contributed by atoms with Crippen LogP contribution < -0.4 is 0 Å². The SMILES string of the molecule is CC(=O)c1csc(-c2c(Br)nnn2C)n1. The first-order valence-corrected chi connectivity index (χ1v) is 5.79. The minimum absolute atomic E-state index is 0.0382. The van der Waals surface area contributed by atoms with E-state index >= 15 is 0 Å². The first-order chi connectivity index (χ1) is 7.09. The van der Waals surface area contributed by atoms with Crippen LogP contribution in [0.5, 0.6) is 0 Å². The van der Waals surface area contributed by atoms with Gasteiger partial charge in [0.05, 0.1) is 0 Å². The van der Waals surface area contributed by atoms with Crippen molar-refractivity contribution in [1.82, 2.24) is 20.0 Å². The lowest BCUT2D eigenvalue weighted by Gasteiger charge is -1.94. The van der Waals surface area contributed by atoms with Gasteiger partial charge in [0.25, 0.3) is 0 Å². The first-order valence-electron chi connectivity index (χ1n) is 4.11. The Morgan fingerprint density at radius 2 is 2.33 bits per heavy atom. The Hall–Kier alpha value is -1.08. The topological polar surface area (TPSA) is 60.7 Å². The van der Waals surface area contributed by atoms with E-state index in [-0.39, 0.29) is 5.78 Å². The number of halogens is 1. The lowest BCUT2D eigenvalue weighted by atomic mass is 10.3. The summed E-state index contributed by atoms with van der Waals surface area (Å²) in [5.74, 6) is -0.0382. The third-order valence-corrected chi connectivity index (χ3v) is 3.24. The molecule has 0 saturated carbocycles. The van der Waals surface area contributed by atoms with Crippen molar-refractivity contribution >= 4 is 33.0 Å². The molecule has 2 aromatic heterocycles. The number of thiazole rings is 1. The van der Waals surface area contributed by atoms with Crippen LogP contribution in [0.25, 0.3) is 10.7 Å². The molecule has 7 heteroatoms. The summed E-state index contributed by atoms with van der Waals surface area (Å²) in [6, 6.07) is 0. The fraction of sp³-hybridized carbons (Fsp3) is 0.250. The molecule has 0 fully saturated rings. The van der Waals surface area contributed by atoms with E-state index in [1.54, 1.807) is 17.1 Å². The third kappa shape index (κ3) is 1.84. The molecule has 0 aliphatic rings. The van der Waals surface area contributed by atoms with Crippen LogP contribution in [0.1, 0.15) is 17.4 Å². The fourth-order valence-electron chi connectivity index (χ4n) is 1.10. The number of hydrogen-bond donors (Lipinski definition) is 0. The number of rotatable bonds is 2. The van der Waals surface area contributed by atoms with Crippen molar-refractivity contribution in [2.75, 3.05) is 0 Å². The van der Waals surface area contributed by atoms with Gasteiger partial charge in [0.1, 0.15) is 16.4 Å². The predicted octanol–water partition coefficient (Wildman–Crippen LogP) is 1.90. The number of carbonyl (C=O) groups excluding carboxylic acids is 1. The van der Waals surface area contributed by atoms with E-state index < -0.39 is 0 Å². The lowest BCUT2D eigenvalue weighted by molar-refractivity contribution is 0.101. The van der Waals surface area contributed by atoms with Gasteiger partial charge in [0, 0.05) is 19.4 Å². The Kier molecular flexibility index (Phi) is 2.66. The van der Waals surface area contributed by atoms with E-state index in [2.05, 4.69) is 31.2 Å². The molecule has 5 nitrogen and oxygen atoms in total. The minimum Gasteiger partial charge on any atom is -0.293 e. The van der Waals surface area contributed by atoms with Crippen molar-refractivity contribution in [3.63, 3.8) is 0 Å². The van der Waals surface area contributed by atoms with E-state index in [1.807, 2.05) is 0 Å². The summed E-state index contributed by atoms with van der Waals surface area (Å²) in [7, 11) is 1.78. The summed E-state index contributed by atoms with van der Waals surface area (Å²) in [6.45, 7) is 1.50. The highest BCUT2D eigenvalue weighted by Gasteiger charge is 2.15. The summed E-state index contributed by atoms with van der Waals surface area (Å²) in [6.07, 6.45) is 0. The molecule has 0 unspecified atom stereocenters. The molecule has 0 atom stereocenters. The minimum atomic E-state index is -0.0382. The average Bonchev–Trinajstić information content (AvgIpc) is 2.73. The van der Waals surface area contributed by atoms with Crippen molar-refractivity contribution in [1.29, 1.82) is 0 Å². The zero-order valence-corrected chi connectivity index (χ0v) is 10.5. The summed E-state index contributed by atoms with van der Waals surface area (Å²) in [5.41, 5.74) is 1.26. The first kappa shape index (κ1) is 10.4. The van der Waals surface area contributed by atoms with E-state index in [1.165, 1.54) is 18.3 Å². The average molecular weight is 287 g/mol. The number of aromatic nitrogens is 4. The van der Waals surface area contributed by atoms with Gasteiger partial charge in [-0.1, -0.05) is 5.21 Å². The van der Waals surface area contributed by atoms with Crippen molar-refractivity contribution in [3.8, 4) is 10.7 Å². The van der Waals surface area contributed by atoms with E-state index in [0.717, 1.165) is 10.7 Å². The standard InChI is InChI=1S/C8H7BrN4OS/c1-4(14)5-3-15-8(10-5)6-7(9)11-12-13(6)2/h3H,1-2H3. The second-order valence-electron chi connectivity index (χ2n) is 2.95. The third-order valence-electron chi connectivity index (χ3n) is 1.85. The van der Waals surface area contributed by atoms with Gasteiger partial charge in [-0.25, -0.2) is 9.67 Å². The molecule has 0 N–H and O–H groups in total. The van der Waals surface area contributed by atoms with Crippen LogP contribution in [0.15, 0.2) is 9.98 Å². The summed E-state index contributed by atoms with van der Waals surface area (Å²) < 4.78 is 2.25. The van der Waals surface area contributed by atoms with Crippen LogP contribution in [0.2, 0.25) is 0 Å². The maximum atomic E-state index is 11.1. The van der Waals surface area contributed by atoms with Crippen molar-refractivity contribution in [2.24, 2.45) is 7.05 Å². The molecule has 15 heavy (non-hydrogen) atoms. The van der Waals surface area contributed by atoms with E-state index in [4.69, 9.17) is 0 Å². The quantitative estimate of drug-likeness (QED) is 0.791. The molecule has 0 aromatic carbocycles. The van der Waals surface area contributed by atoms with E-state index in [0.29, 0.717) is 10.3 Å². The van der Waals surface area contributed by atoms with Gasteiger partial charge >= 0.3 is 0 Å². The maximum Gasteiger partial charge on any atom is 0.178 e. The zero-order valence-electron chi connectivity index (χ0n) is 8.06. The second kappa shape index (κ2) is 3.82. The molecule has 0 amide bonds. The highest BCUT2D eigenvalue weighted by atomic mass is 79.9. The number of carbonyl (C=O) groups is 1. The largest absolute Gasteiger partial charge is 0.293 e. The van der Waals surface area contributed by atoms with Gasteiger partial charge in [0.2, 0.25) is 0 Å². The number of aryl methyl sites for hydroxylation is 1. The normalized spacial score (nSPS) is 10.6. The molecule has 2 aromatic rings. The van der Waals surface area contributed by atoms with Crippen molar-refractivity contribution in [3.05, 3.63) is 15.7 Å². The maximum absolute atomic E-state index is 11.1. The molecule has 0 radical (unpaired) electrons. The highest BCUT2D eigenvalue weighted by Crippen LogP contribution is 2.28. The van der Waals surface area contributed by atoms with Crippen LogP contribution in [0.4, 0.5) is 0 Å². The summed E-state index contributed by atoms with van der Waals surface area (Å²) in [5, 5.41) is 10.2. The Labute approximate surface area is 98.3 Å². The van der Waals surface area contributed by atoms with Gasteiger partial charge in [-0.15, -0.1) is 16.4 Å². The molecule has 2 heterocycles. The molecule has 0 aliphatic carbocycles. The molecule has 0 saturated heterocycles. The molecule has 2 rings (SSSR count). The van der Waals surface area contributed by atoms with Gasteiger partial charge in [0.15, 0.2) is 10.4 Å². The lowest BCUT2D eigenvalue weighted by Crippen LogP contribution is -1.95. The van der Waals surface area contributed by atoms with Crippen molar-refractivity contribution in [2.45, 2.75) is 6.92 Å². The molecular formula is C8H7BrN4OS. The van der Waals surface area contributed by atoms with Crippen LogP contribution in [-0.4, -0.2) is 25.8 Å². The molecule has 0 spiro atoms. The molecule has 78 valence electrons. The van der Waals surface area contributed by atoms with Gasteiger partial charge in [-0.2, -0.15) is 0 Å². The van der Waals surface area contributed by atoms with Crippen LogP contribution >= 0.6 is 27.3 Å². The highest BCUT2D eigenvalue weighted by molar-refractivity contribution is 9.10. The van der Waals surface area contributed by atoms with Crippen LogP contribution in [0, 0.1) is 0 Å². The van der Waals surface area contributed by atoms with Crippen LogP contribution in [0.3, 0.4) is 0 Å². The Morgan fingerprint density at radius 3 is 2.80 bits per heavy atom. The number of Topliss-reactive ketones (excluding diaryl/α,β-unsaturated/α-hetero) is 1. The second-order valence-corrected chi connectivity index (χ2v) is 4.56. The number of hydrogen-bond acceptors (Lipinski definition) is 5. The Balaban J connectivity index is 2.50. The monoisotopic (exact) mass is 286 g/mol. The van der Waals surface area contributed by atoms with Gasteiger partial charge in [-0.3, -0.25) is 4.79 Å². The van der Waals surface area contributed by atoms with Crippen LogP contribution in [-0.2, 0) is 7.05 Å². The Bertz CT molecular complexity index is 499. The Morgan fingerprint density at radius 1 is 1.60 bits per heavy atom. The molecular weight excluding hydrogens is 280 g/mol. The fourth-order valence-corrected chi connectivity index (χ4v) is 2.68. The zero-order chi connectivity index (χ0) is 11.0. The van der Waals surface area contributed by atoms with Crippen molar-refractivity contribution < 1.29 is 4.79 Å². The molecule has 0 bridgehead atoms. The predicted molar refractivity (Wildman–Crippen MR) is 59.8 cm³/mol. The number of ketones is 1. The smallest absolute Gasteiger partial charge is 0.178 e. The summed E-state index contributed by atoms with van der Waals surface area (Å²) in [4.78, 5) is 15.3. The van der Waals surface area contributed by atoms with Gasteiger partial charge < -0.3 is 0 Å². The van der Waals surface area contributed by atoms with E-state index in [9.17, 15) is 4.79 Å².